The van der Waals surface area contributed by atoms with E-state index in [1.54, 1.807) is 0 Å². The monoisotopic (exact) mass is 311 g/mol. The van der Waals surface area contributed by atoms with Gasteiger partial charge in [0.05, 0.1) is 23.7 Å². The lowest BCUT2D eigenvalue weighted by atomic mass is 10.1. The minimum absolute atomic E-state index is 0.00776. The third-order valence-corrected chi connectivity index (χ3v) is 3.93. The van der Waals surface area contributed by atoms with Crippen molar-refractivity contribution in [3.05, 3.63) is 48.5 Å². The number of aliphatic hydroxyl groups excluding tert-OH is 1. The Kier molecular flexibility index (Phi) is 4.28. The van der Waals surface area contributed by atoms with E-state index in [1.165, 1.54) is 10.8 Å². The van der Waals surface area contributed by atoms with E-state index in [1.807, 2.05) is 12.1 Å². The van der Waals surface area contributed by atoms with E-state index in [0.717, 1.165) is 11.0 Å². The number of aromatic nitrogens is 1. The number of hydrogen-bond acceptors (Lipinski definition) is 3. The lowest BCUT2D eigenvalue weighted by molar-refractivity contribution is 0.170. The van der Waals surface area contributed by atoms with E-state index in [2.05, 4.69) is 72.6 Å². The molecule has 3 aromatic rings. The zero-order chi connectivity index (χ0) is 16.4. The summed E-state index contributed by atoms with van der Waals surface area (Å²) >= 11 is 0. The molecular formula is C19H25N3O. The molecule has 1 aromatic heterocycles. The summed E-state index contributed by atoms with van der Waals surface area (Å²) in [5.41, 5.74) is 5.64. The Morgan fingerprint density at radius 3 is 1.96 bits per heavy atom. The van der Waals surface area contributed by atoms with Gasteiger partial charge in [-0.3, -0.25) is 4.68 Å². The van der Waals surface area contributed by atoms with Gasteiger partial charge in [0.25, 0.3) is 0 Å². The second kappa shape index (κ2) is 6.22. The van der Waals surface area contributed by atoms with Crippen molar-refractivity contribution in [2.75, 3.05) is 18.5 Å². The molecule has 3 rings (SSSR count). The molecule has 4 heteroatoms. The zero-order valence-electron chi connectivity index (χ0n) is 14.0. The molecule has 122 valence electrons. The van der Waals surface area contributed by atoms with Gasteiger partial charge in [0.1, 0.15) is 0 Å². The maximum Gasteiger partial charge on any atom is 0.0852 e. The molecule has 3 N–H and O–H groups in total. The smallest absolute Gasteiger partial charge is 0.0852 e. The number of para-hydroxylation sites is 2. The molecule has 0 aliphatic heterocycles. The number of aliphatic hydroxyl groups is 1. The van der Waals surface area contributed by atoms with E-state index in [-0.39, 0.29) is 5.54 Å². The second-order valence-electron chi connectivity index (χ2n) is 7.02. The lowest BCUT2D eigenvalue weighted by Crippen LogP contribution is -2.43. The van der Waals surface area contributed by atoms with Gasteiger partial charge in [-0.15, -0.1) is 0 Å². The minimum atomic E-state index is -0.450. The molecule has 2 aromatic carbocycles. The zero-order valence-corrected chi connectivity index (χ0v) is 14.0. The van der Waals surface area contributed by atoms with Gasteiger partial charge < -0.3 is 15.8 Å². The summed E-state index contributed by atoms with van der Waals surface area (Å²) in [6.07, 6.45) is -0.450. The van der Waals surface area contributed by atoms with Crippen LogP contribution in [-0.4, -0.2) is 34.5 Å². The summed E-state index contributed by atoms with van der Waals surface area (Å²) in [5, 5.41) is 16.0. The Hall–Kier alpha value is -2.04. The maximum absolute atomic E-state index is 10.2. The molecule has 0 saturated heterocycles. The minimum Gasteiger partial charge on any atom is -0.390 e. The van der Waals surface area contributed by atoms with Crippen LogP contribution in [0.4, 0.5) is 0 Å². The van der Waals surface area contributed by atoms with Crippen molar-refractivity contribution in [3.63, 3.8) is 0 Å². The highest BCUT2D eigenvalue weighted by molar-refractivity contribution is 6.08. The van der Waals surface area contributed by atoms with Crippen LogP contribution in [0, 0.1) is 0 Å². The van der Waals surface area contributed by atoms with Crippen LogP contribution in [0.5, 0.6) is 0 Å². The molecule has 0 aliphatic carbocycles. The molecule has 4 nitrogen and oxygen atoms in total. The fourth-order valence-electron chi connectivity index (χ4n) is 2.79. The first-order chi connectivity index (χ1) is 11.0. The molecule has 0 bridgehead atoms. The number of nitrogens with zero attached hydrogens (tertiary/aromatic N) is 1. The van der Waals surface area contributed by atoms with Crippen molar-refractivity contribution in [1.29, 1.82) is 0 Å². The maximum atomic E-state index is 10.2. The molecule has 0 amide bonds. The van der Waals surface area contributed by atoms with Crippen molar-refractivity contribution < 1.29 is 5.11 Å². The van der Waals surface area contributed by atoms with E-state index in [4.69, 9.17) is 0 Å². The Morgan fingerprint density at radius 1 is 0.913 bits per heavy atom. The quantitative estimate of drug-likeness (QED) is 0.678. The van der Waals surface area contributed by atoms with Gasteiger partial charge in [0.15, 0.2) is 0 Å². The van der Waals surface area contributed by atoms with E-state index >= 15 is 0 Å². The highest BCUT2D eigenvalue weighted by Gasteiger charge is 2.13. The molecule has 0 saturated carbocycles. The standard InChI is InChI=1S/C19H25N3O/c1-19(2,3)20-12-14(23)13-21-22-17-10-6-4-8-15(17)16-9-5-7-11-18(16)22/h4-11,14,20-21,23H,12-13H2,1-3H3. The van der Waals surface area contributed by atoms with Crippen LogP contribution in [0.25, 0.3) is 21.8 Å². The summed E-state index contributed by atoms with van der Waals surface area (Å²) in [7, 11) is 0. The predicted octanol–water partition coefficient (Wildman–Crippen LogP) is 3.09. The Balaban J connectivity index is 1.82. The van der Waals surface area contributed by atoms with Crippen molar-refractivity contribution in [2.24, 2.45) is 0 Å². The molecule has 23 heavy (non-hydrogen) atoms. The number of β-amino-alcohol motifs (C(OH)–C–C–N with tert-alkyl or cyclic N) is 1. The van der Waals surface area contributed by atoms with Crippen LogP contribution in [-0.2, 0) is 0 Å². The number of benzene rings is 2. The molecule has 0 radical (unpaired) electrons. The molecule has 1 heterocycles. The average Bonchev–Trinajstić information content (AvgIpc) is 2.84. The average molecular weight is 311 g/mol. The van der Waals surface area contributed by atoms with Crippen molar-refractivity contribution >= 4 is 21.8 Å². The van der Waals surface area contributed by atoms with Crippen LogP contribution in [0.15, 0.2) is 48.5 Å². The number of fused-ring (bicyclic) bond motifs is 3. The summed E-state index contributed by atoms with van der Waals surface area (Å²) in [5.74, 6) is 0. The van der Waals surface area contributed by atoms with Crippen LogP contribution in [0.1, 0.15) is 20.8 Å². The van der Waals surface area contributed by atoms with Gasteiger partial charge in [-0.2, -0.15) is 0 Å². The largest absolute Gasteiger partial charge is 0.390 e. The summed E-state index contributed by atoms with van der Waals surface area (Å²) in [6.45, 7) is 7.35. The van der Waals surface area contributed by atoms with E-state index in [9.17, 15) is 5.11 Å². The molecule has 0 aliphatic rings. The molecule has 0 spiro atoms. The SMILES string of the molecule is CC(C)(C)NCC(O)CNn1c2ccccc2c2ccccc21. The normalized spacial score (nSPS) is 13.6. The fraction of sp³-hybridized carbons (Fsp3) is 0.368. The first-order valence-electron chi connectivity index (χ1n) is 8.11. The highest BCUT2D eigenvalue weighted by Crippen LogP contribution is 2.27. The van der Waals surface area contributed by atoms with Crippen LogP contribution in [0.2, 0.25) is 0 Å². The van der Waals surface area contributed by atoms with Crippen LogP contribution >= 0.6 is 0 Å². The van der Waals surface area contributed by atoms with Gasteiger partial charge in [-0.05, 0) is 32.9 Å². The summed E-state index contributed by atoms with van der Waals surface area (Å²) in [6, 6.07) is 16.7. The van der Waals surface area contributed by atoms with Gasteiger partial charge >= 0.3 is 0 Å². The van der Waals surface area contributed by atoms with E-state index < -0.39 is 6.10 Å². The molecule has 1 unspecified atom stereocenters. The first-order valence-corrected chi connectivity index (χ1v) is 8.11. The first kappa shape index (κ1) is 15.8. The third kappa shape index (κ3) is 3.49. The van der Waals surface area contributed by atoms with Crippen LogP contribution < -0.4 is 10.7 Å². The number of hydrogen-bond donors (Lipinski definition) is 3. The third-order valence-electron chi connectivity index (χ3n) is 3.93. The van der Waals surface area contributed by atoms with Crippen LogP contribution in [0.3, 0.4) is 0 Å². The van der Waals surface area contributed by atoms with Crippen molar-refractivity contribution in [3.8, 4) is 0 Å². The van der Waals surface area contributed by atoms with Crippen molar-refractivity contribution in [1.82, 2.24) is 9.99 Å². The van der Waals surface area contributed by atoms with Gasteiger partial charge in [-0.25, -0.2) is 0 Å². The molecular weight excluding hydrogens is 286 g/mol. The predicted molar refractivity (Wildman–Crippen MR) is 97.4 cm³/mol. The Morgan fingerprint density at radius 2 is 1.43 bits per heavy atom. The lowest BCUT2D eigenvalue weighted by Gasteiger charge is -2.23. The van der Waals surface area contributed by atoms with E-state index in [0.29, 0.717) is 13.1 Å². The van der Waals surface area contributed by atoms with Gasteiger partial charge in [-0.1, -0.05) is 36.4 Å². The second-order valence-corrected chi connectivity index (χ2v) is 7.02. The van der Waals surface area contributed by atoms with Crippen molar-refractivity contribution in [2.45, 2.75) is 32.4 Å². The molecule has 0 fully saturated rings. The number of rotatable bonds is 5. The molecule has 1 atom stereocenters. The summed E-state index contributed by atoms with van der Waals surface area (Å²) in [4.78, 5) is 0. The fourth-order valence-corrected chi connectivity index (χ4v) is 2.79. The summed E-state index contributed by atoms with van der Waals surface area (Å²) < 4.78 is 2.07. The number of nitrogens with one attached hydrogen (secondary N) is 2. The Labute approximate surface area is 137 Å². The van der Waals surface area contributed by atoms with Gasteiger partial charge in [0.2, 0.25) is 0 Å². The Bertz CT molecular complexity index is 748. The topological polar surface area (TPSA) is 49.2 Å². The highest BCUT2D eigenvalue weighted by atomic mass is 16.3. The van der Waals surface area contributed by atoms with Gasteiger partial charge in [0, 0.05) is 22.9 Å².